The summed E-state index contributed by atoms with van der Waals surface area (Å²) >= 11 is 0. The fraction of sp³-hybridized carbons (Fsp3) is 0.381. The van der Waals surface area contributed by atoms with Crippen LogP contribution in [0.3, 0.4) is 0 Å². The van der Waals surface area contributed by atoms with E-state index in [-0.39, 0.29) is 6.03 Å². The maximum Gasteiger partial charge on any atom is 0.322 e. The SMILES string of the molecule is COc1ccc(NC(=O)N2CCc3c(cccc3C(C)C)C2)c(C)c1. The van der Waals surface area contributed by atoms with Gasteiger partial charge < -0.3 is 15.0 Å². The first-order valence-electron chi connectivity index (χ1n) is 8.81. The summed E-state index contributed by atoms with van der Waals surface area (Å²) in [6.07, 6.45) is 0.915. The molecule has 1 aliphatic rings. The van der Waals surface area contributed by atoms with Crippen molar-refractivity contribution in [2.24, 2.45) is 0 Å². The third-order valence-corrected chi connectivity index (χ3v) is 4.89. The van der Waals surface area contributed by atoms with Gasteiger partial charge in [-0.3, -0.25) is 0 Å². The standard InChI is InChI=1S/C21H26N2O2/c1-14(2)18-7-5-6-16-13-23(11-10-19(16)18)21(24)22-20-9-8-17(25-4)12-15(20)3/h5-9,12,14H,10-11,13H2,1-4H3,(H,22,24). The van der Waals surface area contributed by atoms with Gasteiger partial charge in [0.05, 0.1) is 7.11 Å². The highest BCUT2D eigenvalue weighted by Gasteiger charge is 2.23. The molecule has 4 heteroatoms. The fourth-order valence-corrected chi connectivity index (χ4v) is 3.45. The minimum atomic E-state index is -0.0473. The Morgan fingerprint density at radius 2 is 2.04 bits per heavy atom. The van der Waals surface area contributed by atoms with Crippen LogP contribution in [-0.4, -0.2) is 24.6 Å². The van der Waals surface area contributed by atoms with Crippen molar-refractivity contribution in [1.29, 1.82) is 0 Å². The number of hydrogen-bond acceptors (Lipinski definition) is 2. The van der Waals surface area contributed by atoms with Gasteiger partial charge in [-0.25, -0.2) is 4.79 Å². The zero-order chi connectivity index (χ0) is 18.0. The van der Waals surface area contributed by atoms with E-state index in [2.05, 4.69) is 37.4 Å². The molecule has 0 spiro atoms. The molecular formula is C21H26N2O2. The number of anilines is 1. The second-order valence-corrected chi connectivity index (χ2v) is 6.92. The number of ether oxygens (including phenoxy) is 1. The molecule has 2 aromatic rings. The molecule has 1 N–H and O–H groups in total. The number of nitrogens with one attached hydrogen (secondary N) is 1. The lowest BCUT2D eigenvalue weighted by atomic mass is 9.89. The normalized spacial score (nSPS) is 13.6. The number of fused-ring (bicyclic) bond motifs is 1. The van der Waals surface area contributed by atoms with Gasteiger partial charge in [0.2, 0.25) is 0 Å². The van der Waals surface area contributed by atoms with E-state index in [4.69, 9.17) is 4.74 Å². The minimum Gasteiger partial charge on any atom is -0.497 e. The van der Waals surface area contributed by atoms with Crippen LogP contribution in [0.1, 0.15) is 42.0 Å². The van der Waals surface area contributed by atoms with E-state index in [1.54, 1.807) is 7.11 Å². The lowest BCUT2D eigenvalue weighted by Gasteiger charge is -2.31. The maximum absolute atomic E-state index is 12.7. The second-order valence-electron chi connectivity index (χ2n) is 6.92. The van der Waals surface area contributed by atoms with E-state index >= 15 is 0 Å². The van der Waals surface area contributed by atoms with Crippen LogP contribution in [0.4, 0.5) is 10.5 Å². The van der Waals surface area contributed by atoms with E-state index in [0.717, 1.165) is 30.0 Å². The highest BCUT2D eigenvalue weighted by molar-refractivity contribution is 5.90. The van der Waals surface area contributed by atoms with E-state index in [1.165, 1.54) is 16.7 Å². The van der Waals surface area contributed by atoms with E-state index in [1.807, 2.05) is 30.0 Å². The average Bonchev–Trinajstić information content (AvgIpc) is 2.62. The molecule has 0 aliphatic carbocycles. The highest BCUT2D eigenvalue weighted by Crippen LogP contribution is 2.28. The topological polar surface area (TPSA) is 41.6 Å². The van der Waals surface area contributed by atoms with Crippen molar-refractivity contribution in [2.45, 2.75) is 39.7 Å². The molecule has 132 valence electrons. The van der Waals surface area contributed by atoms with Crippen molar-refractivity contribution in [2.75, 3.05) is 19.0 Å². The summed E-state index contributed by atoms with van der Waals surface area (Å²) in [7, 11) is 1.64. The summed E-state index contributed by atoms with van der Waals surface area (Å²) in [6, 6.07) is 12.1. The lowest BCUT2D eigenvalue weighted by molar-refractivity contribution is 0.206. The molecule has 1 aliphatic heterocycles. The van der Waals surface area contributed by atoms with Crippen LogP contribution >= 0.6 is 0 Å². The zero-order valence-corrected chi connectivity index (χ0v) is 15.4. The first kappa shape index (κ1) is 17.3. The summed E-state index contributed by atoms with van der Waals surface area (Å²) in [4.78, 5) is 14.6. The van der Waals surface area contributed by atoms with Crippen LogP contribution in [0.25, 0.3) is 0 Å². The molecule has 0 fully saturated rings. The zero-order valence-electron chi connectivity index (χ0n) is 15.4. The molecule has 0 saturated carbocycles. The van der Waals surface area contributed by atoms with Gasteiger partial charge in [0.25, 0.3) is 0 Å². The number of amides is 2. The van der Waals surface area contributed by atoms with E-state index in [9.17, 15) is 4.79 Å². The van der Waals surface area contributed by atoms with Crippen LogP contribution < -0.4 is 10.1 Å². The lowest BCUT2D eigenvalue weighted by Crippen LogP contribution is -2.39. The number of methoxy groups -OCH3 is 1. The number of nitrogens with zero attached hydrogens (tertiary/aromatic N) is 1. The molecule has 0 radical (unpaired) electrons. The number of aryl methyl sites for hydroxylation is 1. The fourth-order valence-electron chi connectivity index (χ4n) is 3.45. The molecule has 0 bridgehead atoms. The van der Waals surface area contributed by atoms with Crippen LogP contribution in [-0.2, 0) is 13.0 Å². The maximum atomic E-state index is 12.7. The van der Waals surface area contributed by atoms with Crippen molar-refractivity contribution in [3.63, 3.8) is 0 Å². The highest BCUT2D eigenvalue weighted by atomic mass is 16.5. The largest absolute Gasteiger partial charge is 0.497 e. The summed E-state index contributed by atoms with van der Waals surface area (Å²) in [6.45, 7) is 7.83. The van der Waals surface area contributed by atoms with Crippen molar-refractivity contribution < 1.29 is 9.53 Å². The average molecular weight is 338 g/mol. The van der Waals surface area contributed by atoms with E-state index in [0.29, 0.717) is 12.5 Å². The molecule has 1 heterocycles. The van der Waals surface area contributed by atoms with Crippen molar-refractivity contribution in [1.82, 2.24) is 4.90 Å². The molecule has 0 unspecified atom stereocenters. The molecule has 0 saturated heterocycles. The molecule has 4 nitrogen and oxygen atoms in total. The molecule has 0 aromatic heterocycles. The van der Waals surface area contributed by atoms with Gasteiger partial charge in [0.15, 0.2) is 0 Å². The number of carbonyl (C=O) groups is 1. The summed E-state index contributed by atoms with van der Waals surface area (Å²) in [5.41, 5.74) is 5.91. The predicted octanol–water partition coefficient (Wildman–Crippen LogP) is 4.72. The molecule has 2 aromatic carbocycles. The van der Waals surface area contributed by atoms with Crippen molar-refractivity contribution in [3.05, 3.63) is 58.7 Å². The number of rotatable bonds is 3. The number of urea groups is 1. The first-order chi connectivity index (χ1) is 12.0. The smallest absolute Gasteiger partial charge is 0.322 e. The van der Waals surface area contributed by atoms with Gasteiger partial charge in [-0.2, -0.15) is 0 Å². The Bertz CT molecular complexity index is 783. The summed E-state index contributed by atoms with van der Waals surface area (Å²) in [5, 5.41) is 3.03. The molecule has 3 rings (SSSR count). The van der Waals surface area contributed by atoms with Crippen LogP contribution in [0.15, 0.2) is 36.4 Å². The van der Waals surface area contributed by atoms with Crippen LogP contribution in [0, 0.1) is 6.92 Å². The molecular weight excluding hydrogens is 312 g/mol. The molecule has 2 amide bonds. The number of hydrogen-bond donors (Lipinski definition) is 1. The van der Waals surface area contributed by atoms with Gasteiger partial charge in [-0.1, -0.05) is 32.0 Å². The molecule has 25 heavy (non-hydrogen) atoms. The van der Waals surface area contributed by atoms with Gasteiger partial charge in [-0.15, -0.1) is 0 Å². The number of benzene rings is 2. The monoisotopic (exact) mass is 338 g/mol. The Hall–Kier alpha value is -2.49. The van der Waals surface area contributed by atoms with Gasteiger partial charge in [-0.05, 0) is 59.7 Å². The van der Waals surface area contributed by atoms with Gasteiger partial charge in [0.1, 0.15) is 5.75 Å². The van der Waals surface area contributed by atoms with Crippen LogP contribution in [0.5, 0.6) is 5.75 Å². The third-order valence-electron chi connectivity index (χ3n) is 4.89. The van der Waals surface area contributed by atoms with E-state index < -0.39 is 0 Å². The third kappa shape index (κ3) is 3.63. The predicted molar refractivity (Wildman–Crippen MR) is 101 cm³/mol. The number of carbonyl (C=O) groups excluding carboxylic acids is 1. The van der Waals surface area contributed by atoms with Gasteiger partial charge >= 0.3 is 6.03 Å². The van der Waals surface area contributed by atoms with Crippen molar-refractivity contribution >= 4 is 11.7 Å². The summed E-state index contributed by atoms with van der Waals surface area (Å²) < 4.78 is 5.22. The minimum absolute atomic E-state index is 0.0473. The van der Waals surface area contributed by atoms with Gasteiger partial charge in [0, 0.05) is 18.8 Å². The Balaban J connectivity index is 1.74. The Kier molecular flexibility index (Phi) is 4.98. The second kappa shape index (κ2) is 7.18. The first-order valence-corrected chi connectivity index (χ1v) is 8.81. The summed E-state index contributed by atoms with van der Waals surface area (Å²) in [5.74, 6) is 1.31. The van der Waals surface area contributed by atoms with Crippen LogP contribution in [0.2, 0.25) is 0 Å². The Morgan fingerprint density at radius 3 is 2.72 bits per heavy atom. The van der Waals surface area contributed by atoms with Crippen molar-refractivity contribution in [3.8, 4) is 5.75 Å². The Morgan fingerprint density at radius 1 is 1.24 bits per heavy atom. The Labute approximate surface area is 149 Å². The molecule has 0 atom stereocenters. The quantitative estimate of drug-likeness (QED) is 0.880.